The predicted octanol–water partition coefficient (Wildman–Crippen LogP) is 1.96. The highest BCUT2D eigenvalue weighted by atomic mass is 32.2. The first-order valence-electron chi connectivity index (χ1n) is 11.9. The van der Waals surface area contributed by atoms with Crippen LogP contribution in [0.3, 0.4) is 0 Å². The lowest BCUT2D eigenvalue weighted by Gasteiger charge is -2.25. The maximum Gasteiger partial charge on any atom is 0.260 e. The molecular weight excluding hydrogens is 513 g/mol. The highest BCUT2D eigenvalue weighted by Gasteiger charge is 2.44. The van der Waals surface area contributed by atoms with Crippen LogP contribution in [0, 0.1) is 5.92 Å². The molecule has 0 radical (unpaired) electrons. The van der Waals surface area contributed by atoms with Gasteiger partial charge in [-0.3, -0.25) is 14.6 Å². The van der Waals surface area contributed by atoms with E-state index in [0.29, 0.717) is 47.1 Å². The Bertz CT molecular complexity index is 1650. The number of nitrogens with one attached hydrogen (secondary N) is 4. The van der Waals surface area contributed by atoms with Crippen molar-refractivity contribution in [2.75, 3.05) is 18.4 Å². The second kappa shape index (κ2) is 9.23. The third-order valence-corrected chi connectivity index (χ3v) is 8.32. The number of amides is 1. The summed E-state index contributed by atoms with van der Waals surface area (Å²) >= 11 is 0. The first kappa shape index (κ1) is 24.1. The van der Waals surface area contributed by atoms with E-state index < -0.39 is 28.0 Å². The Morgan fingerprint density at radius 2 is 2.13 bits per heavy atom. The number of aliphatic imine (C=N–C) groups is 1. The lowest BCUT2D eigenvalue weighted by Crippen LogP contribution is -2.39. The van der Waals surface area contributed by atoms with Crippen LogP contribution in [0.2, 0.25) is 0 Å². The van der Waals surface area contributed by atoms with Gasteiger partial charge in [0, 0.05) is 12.2 Å². The van der Waals surface area contributed by atoms with Crippen LogP contribution in [0.5, 0.6) is 0 Å². The van der Waals surface area contributed by atoms with E-state index in [1.807, 2.05) is 0 Å². The zero-order valence-corrected chi connectivity index (χ0v) is 20.7. The van der Waals surface area contributed by atoms with Crippen molar-refractivity contribution in [3.8, 4) is 0 Å². The fourth-order valence-corrected chi connectivity index (χ4v) is 5.84. The van der Waals surface area contributed by atoms with E-state index in [2.05, 4.69) is 42.0 Å². The monoisotopic (exact) mass is 535 g/mol. The molecule has 4 aliphatic rings. The van der Waals surface area contributed by atoms with Gasteiger partial charge in [-0.1, -0.05) is 11.8 Å². The number of anilines is 1. The van der Waals surface area contributed by atoms with Crippen LogP contribution < -0.4 is 10.6 Å². The number of hydrogen-bond donors (Lipinski definition) is 4. The van der Waals surface area contributed by atoms with Crippen molar-refractivity contribution in [3.05, 3.63) is 70.9 Å². The van der Waals surface area contributed by atoms with Crippen LogP contribution in [0.25, 0.3) is 5.57 Å². The van der Waals surface area contributed by atoms with Gasteiger partial charge >= 0.3 is 0 Å². The second-order valence-corrected chi connectivity index (χ2v) is 11.1. The molecule has 0 bridgehead atoms. The van der Waals surface area contributed by atoms with Crippen molar-refractivity contribution < 1.29 is 22.4 Å². The number of carbonyl (C=O) groups is 2. The van der Waals surface area contributed by atoms with Crippen molar-refractivity contribution in [2.24, 2.45) is 10.9 Å². The summed E-state index contributed by atoms with van der Waals surface area (Å²) in [6, 6.07) is 0. The van der Waals surface area contributed by atoms with Gasteiger partial charge < -0.3 is 20.6 Å². The molecule has 4 heterocycles. The van der Waals surface area contributed by atoms with E-state index in [1.54, 1.807) is 24.3 Å². The van der Waals surface area contributed by atoms with Gasteiger partial charge in [-0.2, -0.15) is 4.31 Å². The minimum absolute atomic E-state index is 0.0632. The zero-order valence-electron chi connectivity index (χ0n) is 19.9. The number of fused-ring (bicyclic) bond motifs is 1. The fraction of sp³-hybridized carbons (Fsp3) is 0.280. The molecule has 11 nitrogen and oxygen atoms in total. The number of Topliss-reactive ketones (excluding diaryl/α,β-unsaturated/α-hetero) is 1. The maximum atomic E-state index is 13.4. The summed E-state index contributed by atoms with van der Waals surface area (Å²) in [7, 11) is -3.98. The van der Waals surface area contributed by atoms with Crippen molar-refractivity contribution in [1.82, 2.24) is 24.6 Å². The number of ketones is 1. The highest BCUT2D eigenvalue weighted by molar-refractivity contribution is 7.89. The van der Waals surface area contributed by atoms with E-state index in [4.69, 9.17) is 0 Å². The molecule has 0 unspecified atom stereocenters. The number of alkyl halides is 1. The first-order valence-corrected chi connectivity index (χ1v) is 13.4. The predicted molar refractivity (Wildman–Crippen MR) is 135 cm³/mol. The Kier molecular flexibility index (Phi) is 5.85. The largest absolute Gasteiger partial charge is 0.355 e. The van der Waals surface area contributed by atoms with Crippen molar-refractivity contribution >= 4 is 38.8 Å². The van der Waals surface area contributed by atoms with Crippen molar-refractivity contribution in [1.29, 1.82) is 0 Å². The number of sulfonamides is 1. The van der Waals surface area contributed by atoms with Crippen LogP contribution in [-0.2, 0) is 21.4 Å². The summed E-state index contributed by atoms with van der Waals surface area (Å²) in [5.74, 6) is -1.15. The van der Waals surface area contributed by atoms with Gasteiger partial charge in [-0.15, -0.1) is 0 Å². The lowest BCUT2D eigenvalue weighted by molar-refractivity contribution is -0.121. The molecule has 1 fully saturated rings. The van der Waals surface area contributed by atoms with Gasteiger partial charge in [0.2, 0.25) is 5.91 Å². The van der Waals surface area contributed by atoms with Crippen molar-refractivity contribution in [3.63, 3.8) is 0 Å². The normalized spacial score (nSPS) is 22.4. The highest BCUT2D eigenvalue weighted by Crippen LogP contribution is 2.38. The zero-order chi connectivity index (χ0) is 26.4. The van der Waals surface area contributed by atoms with E-state index in [9.17, 15) is 22.4 Å². The molecule has 0 spiro atoms. The van der Waals surface area contributed by atoms with Crippen LogP contribution in [0.15, 0.2) is 64.0 Å². The number of H-pyrrole nitrogens is 2. The number of hydrogen-bond acceptors (Lipinski definition) is 7. The van der Waals surface area contributed by atoms with Gasteiger partial charge in [-0.25, -0.2) is 17.8 Å². The Hall–Kier alpha value is -4.28. The van der Waals surface area contributed by atoms with Gasteiger partial charge in [0.25, 0.3) is 10.0 Å². The third kappa shape index (κ3) is 4.37. The molecule has 2 atom stereocenters. The molecule has 6 rings (SSSR count). The Morgan fingerprint density at radius 1 is 1.29 bits per heavy atom. The van der Waals surface area contributed by atoms with Gasteiger partial charge in [-0.05, 0) is 42.4 Å². The second-order valence-electron chi connectivity index (χ2n) is 9.21. The Balaban J connectivity index is 1.38. The molecule has 13 heteroatoms. The number of rotatable bonds is 6. The molecular formula is C25H22FN7O4S. The Morgan fingerprint density at radius 3 is 2.84 bits per heavy atom. The number of allylic oxidation sites excluding steroid dienone is 3. The van der Waals surface area contributed by atoms with E-state index in [0.717, 1.165) is 9.88 Å². The average Bonchev–Trinajstić information content (AvgIpc) is 3.28. The SMILES string of the molecule is O=C1CN(S(=O)(=O)c2cnc[nH]2)Cc2[nH]c(C3=CC(NC(=O)[C@@H]4C[C@@H]4F)=NCC3)c(NC3=C=C=CC=C3)c21. The molecule has 0 saturated heterocycles. The van der Waals surface area contributed by atoms with Crippen molar-refractivity contribution in [2.45, 2.75) is 30.6 Å². The number of dihydropyridines is 1. The number of amidine groups is 1. The number of imidazole rings is 1. The molecule has 2 aromatic heterocycles. The van der Waals surface area contributed by atoms with Gasteiger partial charge in [0.1, 0.15) is 12.0 Å². The fourth-order valence-electron chi connectivity index (χ4n) is 4.58. The quantitative estimate of drug-likeness (QED) is 0.415. The molecule has 194 valence electrons. The molecule has 0 aromatic carbocycles. The summed E-state index contributed by atoms with van der Waals surface area (Å²) in [4.78, 5) is 39.6. The molecule has 4 N–H and O–H groups in total. The number of aromatic amines is 2. The molecule has 2 aliphatic heterocycles. The summed E-state index contributed by atoms with van der Waals surface area (Å²) in [5.41, 5.74) is 8.95. The number of nitrogens with zero attached hydrogens (tertiary/aromatic N) is 3. The smallest absolute Gasteiger partial charge is 0.260 e. The number of aromatic nitrogens is 3. The standard InChI is InChI=1S/C25H22FN7O4S/c26-17-9-16(17)25(35)32-20-8-14(6-7-28-20)23-24(30-15-4-2-1-3-5-15)22-18(31-23)11-33(12-19(22)34)38(36,37)21-10-27-13-29-21/h1-2,4,8,10,13,16-17,30-31H,6-7,9,11-12H2,(H,27,29)(H,28,32,35)/t16-,17+/m1/s1. The van der Waals surface area contributed by atoms with Gasteiger partial charge in [0.15, 0.2) is 10.8 Å². The minimum Gasteiger partial charge on any atom is -0.355 e. The number of carbonyl (C=O) groups excluding carboxylic acids is 2. The molecule has 2 aliphatic carbocycles. The molecule has 1 saturated carbocycles. The summed E-state index contributed by atoms with van der Waals surface area (Å²) in [6.07, 6.45) is 8.95. The van der Waals surface area contributed by atoms with E-state index >= 15 is 0 Å². The molecule has 38 heavy (non-hydrogen) atoms. The van der Waals surface area contributed by atoms with E-state index in [-0.39, 0.29) is 30.3 Å². The van der Waals surface area contributed by atoms with Crippen LogP contribution in [0.1, 0.15) is 34.6 Å². The molecule has 1 amide bonds. The topological polar surface area (TPSA) is 152 Å². The van der Waals surface area contributed by atoms with Crippen LogP contribution in [0.4, 0.5) is 10.1 Å². The van der Waals surface area contributed by atoms with Crippen LogP contribution in [-0.4, -0.2) is 64.5 Å². The summed E-state index contributed by atoms with van der Waals surface area (Å²) in [5, 5.41) is 5.81. The van der Waals surface area contributed by atoms with Crippen LogP contribution >= 0.6 is 0 Å². The summed E-state index contributed by atoms with van der Waals surface area (Å²) < 4.78 is 40.6. The minimum atomic E-state index is -3.98. The number of halogens is 1. The lowest BCUT2D eigenvalue weighted by atomic mass is 10.0. The summed E-state index contributed by atoms with van der Waals surface area (Å²) in [6.45, 7) is -0.0430. The van der Waals surface area contributed by atoms with E-state index in [1.165, 1.54) is 12.5 Å². The third-order valence-electron chi connectivity index (χ3n) is 6.61. The van der Waals surface area contributed by atoms with Gasteiger partial charge in [0.05, 0.1) is 54.2 Å². The maximum absolute atomic E-state index is 13.4. The average molecular weight is 536 g/mol. The first-order chi connectivity index (χ1) is 18.3. The Labute approximate surface area is 216 Å². The molecule has 2 aromatic rings.